The Labute approximate surface area is 192 Å². The summed E-state index contributed by atoms with van der Waals surface area (Å²) in [4.78, 5) is 27.7. The van der Waals surface area contributed by atoms with Crippen molar-refractivity contribution in [3.8, 4) is 11.5 Å². The van der Waals surface area contributed by atoms with E-state index in [9.17, 15) is 9.59 Å². The van der Waals surface area contributed by atoms with Crippen molar-refractivity contribution in [3.05, 3.63) is 71.9 Å². The van der Waals surface area contributed by atoms with Gasteiger partial charge in [0.1, 0.15) is 5.82 Å². The molecule has 8 nitrogen and oxygen atoms in total. The van der Waals surface area contributed by atoms with Crippen LogP contribution in [0.1, 0.15) is 47.6 Å². The van der Waals surface area contributed by atoms with Gasteiger partial charge in [0.2, 0.25) is 12.7 Å². The second-order valence-corrected chi connectivity index (χ2v) is 8.37. The van der Waals surface area contributed by atoms with Crippen molar-refractivity contribution in [3.63, 3.8) is 0 Å². The summed E-state index contributed by atoms with van der Waals surface area (Å²) in [6.45, 7) is 3.45. The van der Waals surface area contributed by atoms with E-state index >= 15 is 0 Å². The van der Waals surface area contributed by atoms with Gasteiger partial charge in [-0.15, -0.1) is 0 Å². The molecule has 2 aliphatic heterocycles. The third-order valence-corrected chi connectivity index (χ3v) is 6.34. The fraction of sp³-hybridized carbons (Fsp3) is 0.320. The van der Waals surface area contributed by atoms with Gasteiger partial charge in [0.05, 0.1) is 18.2 Å². The van der Waals surface area contributed by atoms with Crippen LogP contribution in [0.5, 0.6) is 11.5 Å². The number of nitrogens with zero attached hydrogens (tertiary/aromatic N) is 3. The molecule has 2 aromatic carbocycles. The van der Waals surface area contributed by atoms with Gasteiger partial charge in [-0.05, 0) is 43.5 Å². The molecule has 5 rings (SSSR count). The van der Waals surface area contributed by atoms with Crippen molar-refractivity contribution < 1.29 is 19.1 Å². The summed E-state index contributed by atoms with van der Waals surface area (Å²) in [5, 5.41) is 7.40. The number of ether oxygens (including phenoxy) is 2. The molecule has 0 aliphatic carbocycles. The molecule has 0 radical (unpaired) electrons. The van der Waals surface area contributed by atoms with Gasteiger partial charge in [0.15, 0.2) is 11.5 Å². The largest absolute Gasteiger partial charge is 0.454 e. The molecular formula is C25H26N4O4. The van der Waals surface area contributed by atoms with Gasteiger partial charge in [-0.3, -0.25) is 9.59 Å². The number of nitrogens with one attached hydrogen (secondary N) is 1. The zero-order valence-corrected chi connectivity index (χ0v) is 18.4. The summed E-state index contributed by atoms with van der Waals surface area (Å²) in [6, 6.07) is 16.9. The van der Waals surface area contributed by atoms with E-state index < -0.39 is 0 Å². The van der Waals surface area contributed by atoms with Gasteiger partial charge in [-0.1, -0.05) is 30.3 Å². The van der Waals surface area contributed by atoms with Gasteiger partial charge in [-0.25, -0.2) is 4.68 Å². The Morgan fingerprint density at radius 3 is 2.58 bits per heavy atom. The van der Waals surface area contributed by atoms with Crippen LogP contribution in [0.2, 0.25) is 0 Å². The number of aromatic nitrogens is 2. The minimum absolute atomic E-state index is 0.114. The SMILES string of the molecule is CC(C(=O)N1CCC(n2nccc2NC(=O)c2ccc3c(c2)OCO3)CC1)c1ccccc1. The maximum absolute atomic E-state index is 13.0. The first kappa shape index (κ1) is 21.1. The van der Waals surface area contributed by atoms with Crippen LogP contribution in [0.25, 0.3) is 0 Å². The molecule has 33 heavy (non-hydrogen) atoms. The number of likely N-dealkylation sites (tertiary alicyclic amines) is 1. The Morgan fingerprint density at radius 1 is 1.03 bits per heavy atom. The van der Waals surface area contributed by atoms with Crippen molar-refractivity contribution in [2.75, 3.05) is 25.2 Å². The molecule has 0 saturated carbocycles. The van der Waals surface area contributed by atoms with E-state index in [4.69, 9.17) is 9.47 Å². The lowest BCUT2D eigenvalue weighted by Crippen LogP contribution is -2.41. The van der Waals surface area contributed by atoms with Crippen LogP contribution in [-0.2, 0) is 4.79 Å². The summed E-state index contributed by atoms with van der Waals surface area (Å²) >= 11 is 0. The third kappa shape index (κ3) is 4.28. The fourth-order valence-electron chi connectivity index (χ4n) is 4.42. The average molecular weight is 447 g/mol. The summed E-state index contributed by atoms with van der Waals surface area (Å²) in [5.74, 6) is 1.59. The first-order valence-electron chi connectivity index (χ1n) is 11.2. The number of carbonyl (C=O) groups excluding carboxylic acids is 2. The van der Waals surface area contributed by atoms with Gasteiger partial charge < -0.3 is 19.7 Å². The number of benzene rings is 2. The number of rotatable bonds is 5. The topological polar surface area (TPSA) is 85.7 Å². The molecule has 170 valence electrons. The summed E-state index contributed by atoms with van der Waals surface area (Å²) in [7, 11) is 0. The number of anilines is 1. The average Bonchev–Trinajstić information content (AvgIpc) is 3.52. The zero-order valence-electron chi connectivity index (χ0n) is 18.4. The zero-order chi connectivity index (χ0) is 22.8. The van der Waals surface area contributed by atoms with E-state index in [0.717, 1.165) is 18.4 Å². The highest BCUT2D eigenvalue weighted by molar-refractivity contribution is 6.04. The van der Waals surface area contributed by atoms with E-state index in [1.165, 1.54) is 0 Å². The van der Waals surface area contributed by atoms with Gasteiger partial charge in [-0.2, -0.15) is 5.10 Å². The van der Waals surface area contributed by atoms with Crippen molar-refractivity contribution in [2.24, 2.45) is 0 Å². The fourth-order valence-corrected chi connectivity index (χ4v) is 4.42. The summed E-state index contributed by atoms with van der Waals surface area (Å²) in [6.07, 6.45) is 3.24. The molecule has 1 fully saturated rings. The molecule has 3 heterocycles. The lowest BCUT2D eigenvalue weighted by atomic mass is 9.97. The Kier molecular flexibility index (Phi) is 5.73. The van der Waals surface area contributed by atoms with Gasteiger partial charge >= 0.3 is 0 Å². The number of piperidine rings is 1. The molecule has 1 unspecified atom stereocenters. The molecular weight excluding hydrogens is 420 g/mol. The molecule has 3 aromatic rings. The van der Waals surface area contributed by atoms with E-state index in [-0.39, 0.29) is 30.6 Å². The molecule has 2 aliphatic rings. The molecule has 1 aromatic heterocycles. The number of hydrogen-bond donors (Lipinski definition) is 1. The van der Waals surface area contributed by atoms with Crippen LogP contribution in [0, 0.1) is 0 Å². The molecule has 0 spiro atoms. The lowest BCUT2D eigenvalue weighted by molar-refractivity contribution is -0.133. The molecule has 0 bridgehead atoms. The van der Waals surface area contributed by atoms with Gasteiger partial charge in [0, 0.05) is 24.7 Å². The number of carbonyl (C=O) groups is 2. The lowest BCUT2D eigenvalue weighted by Gasteiger charge is -2.34. The molecule has 1 saturated heterocycles. The minimum Gasteiger partial charge on any atom is -0.454 e. The third-order valence-electron chi connectivity index (χ3n) is 6.34. The molecule has 1 atom stereocenters. The maximum atomic E-state index is 13.0. The van der Waals surface area contributed by atoms with Crippen molar-refractivity contribution in [2.45, 2.75) is 31.7 Å². The normalized spacial score (nSPS) is 16.5. The Balaban J connectivity index is 1.21. The molecule has 1 N–H and O–H groups in total. The standard InChI is InChI=1S/C25H26N4O4/c1-17(18-5-3-2-4-6-18)25(31)28-13-10-20(11-14-28)29-23(9-12-26-29)27-24(30)19-7-8-21-22(15-19)33-16-32-21/h2-9,12,15,17,20H,10-11,13-14,16H2,1H3,(H,27,30). The predicted octanol–water partition coefficient (Wildman–Crippen LogP) is 3.83. The quantitative estimate of drug-likeness (QED) is 0.644. The minimum atomic E-state index is -0.237. The molecule has 2 amide bonds. The molecule has 8 heteroatoms. The Morgan fingerprint density at radius 2 is 1.79 bits per heavy atom. The highest BCUT2D eigenvalue weighted by Crippen LogP contribution is 2.33. The number of amides is 2. The van der Waals surface area contributed by atoms with Crippen LogP contribution in [0.3, 0.4) is 0 Å². The highest BCUT2D eigenvalue weighted by atomic mass is 16.7. The van der Waals surface area contributed by atoms with E-state index in [2.05, 4.69) is 10.4 Å². The van der Waals surface area contributed by atoms with E-state index in [0.29, 0.717) is 36.0 Å². The highest BCUT2D eigenvalue weighted by Gasteiger charge is 2.29. The maximum Gasteiger partial charge on any atom is 0.256 e. The van der Waals surface area contributed by atoms with Crippen LogP contribution in [-0.4, -0.2) is 46.4 Å². The van der Waals surface area contributed by atoms with E-state index in [1.807, 2.05) is 46.8 Å². The number of fused-ring (bicyclic) bond motifs is 1. The Bertz CT molecular complexity index is 1150. The summed E-state index contributed by atoms with van der Waals surface area (Å²) < 4.78 is 12.5. The monoisotopic (exact) mass is 446 g/mol. The van der Waals surface area contributed by atoms with Crippen molar-refractivity contribution >= 4 is 17.6 Å². The van der Waals surface area contributed by atoms with Crippen LogP contribution >= 0.6 is 0 Å². The van der Waals surface area contributed by atoms with Crippen molar-refractivity contribution in [1.82, 2.24) is 14.7 Å². The van der Waals surface area contributed by atoms with E-state index in [1.54, 1.807) is 30.5 Å². The van der Waals surface area contributed by atoms with Crippen molar-refractivity contribution in [1.29, 1.82) is 0 Å². The predicted molar refractivity (Wildman–Crippen MR) is 122 cm³/mol. The first-order chi connectivity index (χ1) is 16.1. The second-order valence-electron chi connectivity index (χ2n) is 8.37. The Hall–Kier alpha value is -3.81. The smallest absolute Gasteiger partial charge is 0.256 e. The van der Waals surface area contributed by atoms with Crippen LogP contribution < -0.4 is 14.8 Å². The number of hydrogen-bond acceptors (Lipinski definition) is 5. The van der Waals surface area contributed by atoms with Crippen LogP contribution in [0.4, 0.5) is 5.82 Å². The van der Waals surface area contributed by atoms with Gasteiger partial charge in [0.25, 0.3) is 5.91 Å². The summed E-state index contributed by atoms with van der Waals surface area (Å²) in [5.41, 5.74) is 1.52. The second kappa shape index (κ2) is 8.97. The van der Waals surface area contributed by atoms with Crippen LogP contribution in [0.15, 0.2) is 60.8 Å². The first-order valence-corrected chi connectivity index (χ1v) is 11.2.